The fourth-order valence-corrected chi connectivity index (χ4v) is 2.00. The van der Waals surface area contributed by atoms with Crippen LogP contribution in [-0.2, 0) is 16.0 Å². The Morgan fingerprint density at radius 1 is 1.56 bits per heavy atom. The first-order valence-corrected chi connectivity index (χ1v) is 5.42. The van der Waals surface area contributed by atoms with Crippen LogP contribution in [0.3, 0.4) is 0 Å². The van der Waals surface area contributed by atoms with Crippen molar-refractivity contribution in [2.75, 3.05) is 7.11 Å². The molecule has 4 nitrogen and oxygen atoms in total. The van der Waals surface area contributed by atoms with Crippen LogP contribution in [0.25, 0.3) is 12.2 Å². The van der Waals surface area contributed by atoms with Gasteiger partial charge in [-0.2, -0.15) is 0 Å². The highest BCUT2D eigenvalue weighted by atomic mass is 16.5. The van der Waals surface area contributed by atoms with E-state index in [0.29, 0.717) is 6.42 Å². The molecule has 1 aromatic heterocycles. The number of nitrogens with one attached hydrogen (secondary N) is 1. The Balaban J connectivity index is 2.24. The van der Waals surface area contributed by atoms with Crippen molar-refractivity contribution >= 4 is 18.1 Å². The topological polar surface area (TPSA) is 68.1 Å². The quantitative estimate of drug-likeness (QED) is 0.669. The molecular weight excluding hydrogens is 204 g/mol. The number of rotatable bonds is 3. The molecule has 0 unspecified atom stereocenters. The van der Waals surface area contributed by atoms with Crippen molar-refractivity contribution in [2.45, 2.75) is 25.3 Å². The van der Waals surface area contributed by atoms with Crippen LogP contribution in [0.2, 0.25) is 0 Å². The fourth-order valence-electron chi connectivity index (χ4n) is 2.00. The van der Waals surface area contributed by atoms with Gasteiger partial charge in [0, 0.05) is 18.0 Å². The Hall–Kier alpha value is -1.55. The van der Waals surface area contributed by atoms with Gasteiger partial charge >= 0.3 is 5.97 Å². The SMILES string of the molecule is COC(=O)[C@@H](N)Cc1c[nH]c2c1=CCCC=2. The van der Waals surface area contributed by atoms with Crippen molar-refractivity contribution in [2.24, 2.45) is 5.73 Å². The van der Waals surface area contributed by atoms with E-state index in [-0.39, 0.29) is 5.97 Å². The van der Waals surface area contributed by atoms with Crippen molar-refractivity contribution in [1.82, 2.24) is 4.98 Å². The molecule has 1 aliphatic rings. The van der Waals surface area contributed by atoms with Crippen LogP contribution in [0, 0.1) is 0 Å². The number of ether oxygens (including phenoxy) is 1. The maximum atomic E-state index is 11.2. The van der Waals surface area contributed by atoms with E-state index in [1.807, 2.05) is 6.20 Å². The molecule has 0 saturated heterocycles. The predicted octanol–water partition coefficient (Wildman–Crippen LogP) is -0.588. The summed E-state index contributed by atoms with van der Waals surface area (Å²) in [6.07, 6.45) is 8.91. The Labute approximate surface area is 93.8 Å². The second-order valence-electron chi connectivity index (χ2n) is 3.96. The zero-order valence-electron chi connectivity index (χ0n) is 9.32. The van der Waals surface area contributed by atoms with Crippen LogP contribution in [0.1, 0.15) is 18.4 Å². The van der Waals surface area contributed by atoms with Gasteiger partial charge in [-0.3, -0.25) is 4.79 Å². The van der Waals surface area contributed by atoms with E-state index in [4.69, 9.17) is 5.73 Å². The molecule has 0 aromatic carbocycles. The van der Waals surface area contributed by atoms with Gasteiger partial charge in [0.2, 0.25) is 0 Å². The first-order valence-electron chi connectivity index (χ1n) is 5.42. The fraction of sp³-hybridized carbons (Fsp3) is 0.417. The molecule has 2 rings (SSSR count). The molecule has 3 N–H and O–H groups in total. The minimum absolute atomic E-state index is 0.366. The van der Waals surface area contributed by atoms with Crippen molar-refractivity contribution in [3.63, 3.8) is 0 Å². The van der Waals surface area contributed by atoms with E-state index in [0.717, 1.165) is 23.8 Å². The average molecular weight is 220 g/mol. The second kappa shape index (κ2) is 4.53. The lowest BCUT2D eigenvalue weighted by Crippen LogP contribution is -2.36. The number of aromatic nitrogens is 1. The zero-order valence-corrected chi connectivity index (χ0v) is 9.32. The van der Waals surface area contributed by atoms with E-state index in [1.54, 1.807) is 0 Å². The largest absolute Gasteiger partial charge is 0.468 e. The standard InChI is InChI=1S/C12H16N2O2/c1-16-12(15)10(13)6-8-7-14-11-5-3-2-4-9(8)11/h4-5,7,10,14H,2-3,6,13H2,1H3/t10-/m0/s1. The molecule has 1 aromatic rings. The van der Waals surface area contributed by atoms with E-state index in [9.17, 15) is 4.79 Å². The summed E-state index contributed by atoms with van der Waals surface area (Å²) >= 11 is 0. The Kier molecular flexibility index (Phi) is 3.10. The Morgan fingerprint density at radius 3 is 3.06 bits per heavy atom. The number of esters is 1. The highest BCUT2D eigenvalue weighted by Crippen LogP contribution is 2.00. The summed E-state index contributed by atoms with van der Waals surface area (Å²) in [5, 5.41) is 2.32. The summed E-state index contributed by atoms with van der Waals surface area (Å²) in [6, 6.07) is -0.583. The van der Waals surface area contributed by atoms with E-state index in [2.05, 4.69) is 21.9 Å². The van der Waals surface area contributed by atoms with E-state index >= 15 is 0 Å². The van der Waals surface area contributed by atoms with Gasteiger partial charge in [-0.05, 0) is 23.6 Å². The summed E-state index contributed by atoms with van der Waals surface area (Å²) in [4.78, 5) is 14.4. The van der Waals surface area contributed by atoms with Gasteiger partial charge in [0.25, 0.3) is 0 Å². The molecule has 0 radical (unpaired) electrons. The van der Waals surface area contributed by atoms with Crippen LogP contribution >= 0.6 is 0 Å². The molecule has 1 aliphatic carbocycles. The van der Waals surface area contributed by atoms with E-state index in [1.165, 1.54) is 12.3 Å². The van der Waals surface area contributed by atoms with Gasteiger partial charge in [0.05, 0.1) is 7.11 Å². The van der Waals surface area contributed by atoms with Gasteiger partial charge < -0.3 is 15.5 Å². The normalized spacial score (nSPS) is 15.6. The van der Waals surface area contributed by atoms with Crippen LogP contribution in [-0.4, -0.2) is 24.1 Å². The Bertz CT molecular complexity index is 502. The minimum Gasteiger partial charge on any atom is -0.468 e. The summed E-state index contributed by atoms with van der Waals surface area (Å²) in [7, 11) is 1.36. The molecule has 0 bridgehead atoms. The monoisotopic (exact) mass is 220 g/mol. The number of H-pyrrole nitrogens is 1. The molecule has 0 fully saturated rings. The summed E-state index contributed by atoms with van der Waals surface area (Å²) in [5.41, 5.74) is 6.83. The van der Waals surface area contributed by atoms with Gasteiger partial charge in [-0.1, -0.05) is 12.2 Å². The molecule has 16 heavy (non-hydrogen) atoms. The van der Waals surface area contributed by atoms with Gasteiger partial charge in [0.15, 0.2) is 0 Å². The molecular formula is C12H16N2O2. The first kappa shape index (κ1) is 11.0. The van der Waals surface area contributed by atoms with Crippen LogP contribution in [0.5, 0.6) is 0 Å². The molecule has 1 heterocycles. The molecule has 0 amide bonds. The lowest BCUT2D eigenvalue weighted by atomic mass is 10.0. The van der Waals surface area contributed by atoms with Crippen LogP contribution in [0.15, 0.2) is 6.20 Å². The average Bonchev–Trinajstić information content (AvgIpc) is 2.72. The third kappa shape index (κ3) is 2.02. The zero-order chi connectivity index (χ0) is 11.5. The van der Waals surface area contributed by atoms with Crippen LogP contribution in [0.4, 0.5) is 0 Å². The number of aromatic amines is 1. The van der Waals surface area contributed by atoms with Crippen molar-refractivity contribution in [1.29, 1.82) is 0 Å². The van der Waals surface area contributed by atoms with Crippen molar-refractivity contribution in [3.8, 4) is 0 Å². The molecule has 1 atom stereocenters. The number of hydrogen-bond acceptors (Lipinski definition) is 3. The minimum atomic E-state index is -0.583. The summed E-state index contributed by atoms with van der Waals surface area (Å²) < 4.78 is 4.61. The molecule has 4 heteroatoms. The maximum Gasteiger partial charge on any atom is 0.322 e. The van der Waals surface area contributed by atoms with Crippen molar-refractivity contribution < 1.29 is 9.53 Å². The smallest absolute Gasteiger partial charge is 0.322 e. The van der Waals surface area contributed by atoms with Crippen molar-refractivity contribution in [3.05, 3.63) is 22.3 Å². The lowest BCUT2D eigenvalue weighted by Gasteiger charge is -2.07. The number of fused-ring (bicyclic) bond motifs is 1. The molecule has 0 saturated carbocycles. The first-order chi connectivity index (χ1) is 7.72. The number of nitrogens with two attached hydrogens (primary N) is 1. The number of methoxy groups -OCH3 is 1. The van der Waals surface area contributed by atoms with Gasteiger partial charge in [0.1, 0.15) is 6.04 Å². The second-order valence-corrected chi connectivity index (χ2v) is 3.96. The summed E-state index contributed by atoms with van der Waals surface area (Å²) in [5.74, 6) is -0.366. The number of carbonyl (C=O) groups excluding carboxylic acids is 1. The van der Waals surface area contributed by atoms with Gasteiger partial charge in [-0.25, -0.2) is 0 Å². The highest BCUT2D eigenvalue weighted by molar-refractivity contribution is 5.75. The number of hydrogen-bond donors (Lipinski definition) is 2. The Morgan fingerprint density at radius 2 is 2.31 bits per heavy atom. The van der Waals surface area contributed by atoms with Gasteiger partial charge in [-0.15, -0.1) is 0 Å². The van der Waals surface area contributed by atoms with E-state index < -0.39 is 6.04 Å². The maximum absolute atomic E-state index is 11.2. The molecule has 0 aliphatic heterocycles. The van der Waals surface area contributed by atoms with Crippen LogP contribution < -0.4 is 16.3 Å². The third-order valence-corrected chi connectivity index (χ3v) is 2.85. The summed E-state index contributed by atoms with van der Waals surface area (Å²) in [6.45, 7) is 0. The predicted molar refractivity (Wildman–Crippen MR) is 61.9 cm³/mol. The molecule has 0 spiro atoms. The number of carbonyl (C=O) groups is 1. The lowest BCUT2D eigenvalue weighted by molar-refractivity contribution is -0.142. The highest BCUT2D eigenvalue weighted by Gasteiger charge is 2.15. The third-order valence-electron chi connectivity index (χ3n) is 2.85. The molecule has 86 valence electrons.